The molecule has 0 aliphatic heterocycles. The van der Waals surface area contributed by atoms with Gasteiger partial charge < -0.3 is 11.1 Å². The van der Waals surface area contributed by atoms with Crippen LogP contribution in [0.15, 0.2) is 125 Å². The van der Waals surface area contributed by atoms with Crippen molar-refractivity contribution in [2.24, 2.45) is 5.73 Å². The van der Waals surface area contributed by atoms with Crippen molar-refractivity contribution in [2.45, 2.75) is 26.6 Å². The molecule has 8 rings (SSSR count). The Morgan fingerprint density at radius 1 is 0.705 bits per heavy atom. The molecule has 0 saturated heterocycles. The highest BCUT2D eigenvalue weighted by molar-refractivity contribution is 6.21. The molecule has 0 amide bonds. The fraction of sp³-hybridized carbons (Fsp3) is 0.108. The maximum atomic E-state index is 14.0. The van der Waals surface area contributed by atoms with E-state index < -0.39 is 6.17 Å². The average Bonchev–Trinajstić information content (AvgIpc) is 3.47. The highest BCUT2D eigenvalue weighted by Crippen LogP contribution is 2.36. The van der Waals surface area contributed by atoms with E-state index in [-0.39, 0.29) is 17.7 Å². The molecule has 0 aliphatic rings. The quantitative estimate of drug-likeness (QED) is 0.130. The summed E-state index contributed by atoms with van der Waals surface area (Å²) in [6.45, 7) is 4.20. The second-order valence-corrected chi connectivity index (χ2v) is 10.6. The van der Waals surface area contributed by atoms with Crippen LogP contribution < -0.4 is 22.2 Å². The number of hydrogen-bond donors (Lipinski definition) is 2. The van der Waals surface area contributed by atoms with Crippen molar-refractivity contribution in [3.63, 3.8) is 0 Å². The van der Waals surface area contributed by atoms with Crippen LogP contribution in [0.4, 0.5) is 5.69 Å². The van der Waals surface area contributed by atoms with Crippen molar-refractivity contribution in [3.8, 4) is 0 Å². The third kappa shape index (κ3) is 4.29. The van der Waals surface area contributed by atoms with Gasteiger partial charge in [-0.25, -0.2) is 4.98 Å². The molecule has 0 radical (unpaired) electrons. The summed E-state index contributed by atoms with van der Waals surface area (Å²) in [6, 6.07) is 37.0. The number of pyridine rings is 2. The molecule has 3 N–H and O–H groups in total. The lowest BCUT2D eigenvalue weighted by Crippen LogP contribution is -2.33. The molecule has 8 aromatic rings. The fourth-order valence-corrected chi connectivity index (χ4v) is 6.17. The van der Waals surface area contributed by atoms with Crippen molar-refractivity contribution >= 4 is 54.8 Å². The van der Waals surface area contributed by atoms with E-state index in [0.29, 0.717) is 21.8 Å². The first-order valence-corrected chi connectivity index (χ1v) is 14.9. The van der Waals surface area contributed by atoms with Crippen LogP contribution in [-0.4, -0.2) is 14.0 Å². The Morgan fingerprint density at radius 2 is 1.36 bits per heavy atom. The summed E-state index contributed by atoms with van der Waals surface area (Å²) in [5.41, 5.74) is 12.1. The maximum Gasteiger partial charge on any atom is 0.261 e. The highest BCUT2D eigenvalue weighted by Gasteiger charge is 2.22. The third-order valence-electron chi connectivity index (χ3n) is 8.11. The van der Waals surface area contributed by atoms with E-state index in [1.807, 2.05) is 123 Å². The van der Waals surface area contributed by atoms with E-state index in [0.717, 1.165) is 44.1 Å². The van der Waals surface area contributed by atoms with Gasteiger partial charge in [-0.1, -0.05) is 86.6 Å². The van der Waals surface area contributed by atoms with Gasteiger partial charge in [0.1, 0.15) is 11.8 Å². The number of rotatable bonds is 5. The summed E-state index contributed by atoms with van der Waals surface area (Å²) in [7, 11) is 0. The number of nitrogens with one attached hydrogen (secondary N) is 1. The molecule has 7 heteroatoms. The van der Waals surface area contributed by atoms with E-state index in [9.17, 15) is 9.59 Å². The van der Waals surface area contributed by atoms with Gasteiger partial charge in [0.25, 0.3) is 11.1 Å². The van der Waals surface area contributed by atoms with Gasteiger partial charge in [-0.2, -0.15) is 0 Å². The van der Waals surface area contributed by atoms with Crippen LogP contribution in [0.5, 0.6) is 0 Å². The lowest BCUT2D eigenvalue weighted by Gasteiger charge is -2.19. The summed E-state index contributed by atoms with van der Waals surface area (Å²) >= 11 is 0. The monoisotopic (exact) mass is 577 g/mol. The standard InChI is InChI=1S/C35H25N5O2.C2H6/c36-32(37-22-12-5-2-6-13-22)27-18-25-23-14-9-15-24-31(23)26(35(42)39(34(24)41)20-21-10-3-1-4-11-21)19-30(25)40-29-17-8-7-16-28(29)38-33(27)40;1-2/h1-19,32,37H,20,36H2;1-2H3. The predicted molar refractivity (Wildman–Crippen MR) is 181 cm³/mol. The van der Waals surface area contributed by atoms with Gasteiger partial charge in [0.05, 0.1) is 28.5 Å². The number of nitrogens with two attached hydrogens (primary N) is 1. The summed E-state index contributed by atoms with van der Waals surface area (Å²) in [6.07, 6.45) is -0.563. The smallest absolute Gasteiger partial charge is 0.261 e. The molecule has 0 bridgehead atoms. The fourth-order valence-electron chi connectivity index (χ4n) is 6.17. The van der Waals surface area contributed by atoms with Gasteiger partial charge in [0, 0.05) is 27.4 Å². The lowest BCUT2D eigenvalue weighted by molar-refractivity contribution is 0.744. The van der Waals surface area contributed by atoms with Crippen molar-refractivity contribution < 1.29 is 0 Å². The number of imidazole rings is 1. The largest absolute Gasteiger partial charge is 0.366 e. The summed E-state index contributed by atoms with van der Waals surface area (Å²) in [5, 5.41) is 6.81. The lowest BCUT2D eigenvalue weighted by atomic mass is 9.97. The molecule has 0 fully saturated rings. The van der Waals surface area contributed by atoms with E-state index in [1.165, 1.54) is 4.57 Å². The van der Waals surface area contributed by atoms with Crippen LogP contribution >= 0.6 is 0 Å². The molecule has 0 spiro atoms. The van der Waals surface area contributed by atoms with Crippen LogP contribution in [0.2, 0.25) is 0 Å². The number of fused-ring (bicyclic) bond motifs is 6. The normalized spacial score (nSPS) is 12.2. The van der Waals surface area contributed by atoms with Gasteiger partial charge in [-0.05, 0) is 53.4 Å². The first-order valence-electron chi connectivity index (χ1n) is 14.9. The Balaban J connectivity index is 0.00000153. The minimum Gasteiger partial charge on any atom is -0.366 e. The third-order valence-corrected chi connectivity index (χ3v) is 8.11. The summed E-state index contributed by atoms with van der Waals surface area (Å²) in [4.78, 5) is 32.8. The molecule has 3 heterocycles. The summed E-state index contributed by atoms with van der Waals surface area (Å²) in [5.74, 6) is 0. The molecule has 5 aromatic carbocycles. The zero-order valence-electron chi connectivity index (χ0n) is 24.5. The number of benzene rings is 5. The van der Waals surface area contributed by atoms with E-state index in [1.54, 1.807) is 6.07 Å². The maximum absolute atomic E-state index is 14.0. The molecule has 0 aliphatic carbocycles. The molecular formula is C37H31N5O2. The number of hydrogen-bond acceptors (Lipinski definition) is 5. The molecule has 3 aromatic heterocycles. The van der Waals surface area contributed by atoms with Crippen LogP contribution in [0.25, 0.3) is 49.1 Å². The Hall–Kier alpha value is -5.53. The minimum absolute atomic E-state index is 0.203. The van der Waals surface area contributed by atoms with Gasteiger partial charge in [-0.15, -0.1) is 0 Å². The van der Waals surface area contributed by atoms with Crippen molar-refractivity contribution in [2.75, 3.05) is 5.32 Å². The highest BCUT2D eigenvalue weighted by atomic mass is 16.2. The topological polar surface area (TPSA) is 94.4 Å². The van der Waals surface area contributed by atoms with Crippen molar-refractivity contribution in [1.82, 2.24) is 14.0 Å². The van der Waals surface area contributed by atoms with E-state index in [2.05, 4.69) is 9.72 Å². The van der Waals surface area contributed by atoms with Crippen LogP contribution in [0.1, 0.15) is 31.1 Å². The van der Waals surface area contributed by atoms with Crippen LogP contribution in [0.3, 0.4) is 0 Å². The number of aromatic nitrogens is 3. The zero-order valence-corrected chi connectivity index (χ0v) is 24.5. The van der Waals surface area contributed by atoms with Crippen LogP contribution in [-0.2, 0) is 6.54 Å². The minimum atomic E-state index is -0.563. The second kappa shape index (κ2) is 10.9. The van der Waals surface area contributed by atoms with Crippen molar-refractivity contribution in [1.29, 1.82) is 0 Å². The average molecular weight is 578 g/mol. The molecule has 1 unspecified atom stereocenters. The zero-order chi connectivity index (χ0) is 30.4. The summed E-state index contributed by atoms with van der Waals surface area (Å²) < 4.78 is 3.43. The van der Waals surface area contributed by atoms with Gasteiger partial charge in [-0.3, -0.25) is 18.6 Å². The van der Waals surface area contributed by atoms with E-state index in [4.69, 9.17) is 10.7 Å². The van der Waals surface area contributed by atoms with E-state index >= 15 is 0 Å². The number of para-hydroxylation sites is 3. The van der Waals surface area contributed by atoms with Gasteiger partial charge in [0.15, 0.2) is 0 Å². The second-order valence-electron chi connectivity index (χ2n) is 10.6. The Morgan fingerprint density at radius 3 is 2.14 bits per heavy atom. The SMILES string of the molecule is CC.NC(Nc1ccccc1)c1cc2c3cccc4c(=O)n(Cc5ccccc5)c(=O)c(cc2n2c1nc1ccccc12)c43. The Labute approximate surface area is 253 Å². The molecule has 0 saturated carbocycles. The van der Waals surface area contributed by atoms with Gasteiger partial charge >= 0.3 is 0 Å². The van der Waals surface area contributed by atoms with Crippen LogP contribution in [0, 0.1) is 0 Å². The molecule has 44 heavy (non-hydrogen) atoms. The molecule has 1 atom stereocenters. The van der Waals surface area contributed by atoms with Gasteiger partial charge in [0.2, 0.25) is 0 Å². The number of nitrogens with zero attached hydrogens (tertiary/aromatic N) is 3. The Kier molecular flexibility index (Phi) is 6.80. The molecule has 216 valence electrons. The first-order chi connectivity index (χ1) is 21.6. The number of anilines is 1. The molecule has 7 nitrogen and oxygen atoms in total. The predicted octanol–water partition coefficient (Wildman–Crippen LogP) is 7.05. The van der Waals surface area contributed by atoms with Crippen molar-refractivity contribution in [3.05, 3.63) is 147 Å². The first kappa shape index (κ1) is 27.3. The molecular weight excluding hydrogens is 546 g/mol. The Bertz CT molecular complexity index is 2410.